The fraction of sp³-hybridized carbons (Fsp3) is 0.625. The van der Waals surface area contributed by atoms with E-state index < -0.39 is 29.6 Å². The van der Waals surface area contributed by atoms with E-state index in [0.717, 1.165) is 12.0 Å². The summed E-state index contributed by atoms with van der Waals surface area (Å²) < 4.78 is 0. The molecular weight excluding hydrogens is 526 g/mol. The topological polar surface area (TPSA) is 149 Å². The van der Waals surface area contributed by atoms with Gasteiger partial charge in [-0.15, -0.1) is 15.3 Å². The van der Waals surface area contributed by atoms with Crippen LogP contribution in [0, 0.1) is 17.8 Å². The van der Waals surface area contributed by atoms with Gasteiger partial charge in [0.2, 0.25) is 0 Å². The van der Waals surface area contributed by atoms with Crippen LogP contribution in [-0.2, 0) is 20.8 Å². The van der Waals surface area contributed by atoms with Gasteiger partial charge in [0.25, 0.3) is 0 Å². The molecule has 1 aliphatic rings. The molecule has 1 aromatic rings. The average molecular weight is 577 g/mol. The van der Waals surface area contributed by atoms with Crippen LogP contribution < -0.4 is 5.39 Å². The number of ketones is 2. The lowest BCUT2D eigenvalue weighted by molar-refractivity contribution is -1.37. The van der Waals surface area contributed by atoms with Gasteiger partial charge in [-0.05, 0) is 62.8 Å². The Morgan fingerprint density at radius 3 is 2.39 bits per heavy atom. The van der Waals surface area contributed by atoms with Gasteiger partial charge >= 0.3 is 0 Å². The number of hydrogen-bond donors (Lipinski definition) is 6. The first-order chi connectivity index (χ1) is 19.7. The molecular formula is C32H50NO8+. The highest BCUT2D eigenvalue weighted by Gasteiger charge is 2.39. The molecule has 1 unspecified atom stereocenters. The largest absolute Gasteiger partial charge is 0.393 e. The molecule has 0 heterocycles. The Labute approximate surface area is 244 Å². The van der Waals surface area contributed by atoms with Crippen LogP contribution in [0.15, 0.2) is 54.6 Å². The summed E-state index contributed by atoms with van der Waals surface area (Å²) in [6.07, 6.45) is 12.4. The molecule has 1 saturated carbocycles. The Morgan fingerprint density at radius 1 is 1.00 bits per heavy atom. The molecule has 0 radical (unpaired) electrons. The van der Waals surface area contributed by atoms with Gasteiger partial charge in [-0.25, -0.2) is 0 Å². The molecule has 0 amide bonds. The molecule has 9 nitrogen and oxygen atoms in total. The lowest BCUT2D eigenvalue weighted by Gasteiger charge is -2.19. The van der Waals surface area contributed by atoms with Crippen molar-refractivity contribution in [3.63, 3.8) is 0 Å². The minimum absolute atomic E-state index is 0.0283. The van der Waals surface area contributed by atoms with Crippen molar-refractivity contribution >= 4 is 11.6 Å². The Bertz CT molecular complexity index is 935. The van der Waals surface area contributed by atoms with E-state index in [4.69, 9.17) is 10.4 Å². The van der Waals surface area contributed by atoms with E-state index in [2.05, 4.69) is 4.84 Å². The minimum atomic E-state index is -1.05. The van der Waals surface area contributed by atoms with Gasteiger partial charge in [0.15, 0.2) is 0 Å². The lowest BCUT2D eigenvalue weighted by Crippen LogP contribution is -3.06. The lowest BCUT2D eigenvalue weighted by atomic mass is 9.89. The van der Waals surface area contributed by atoms with Crippen molar-refractivity contribution in [3.8, 4) is 0 Å². The van der Waals surface area contributed by atoms with Crippen LogP contribution in [0.1, 0.15) is 83.1 Å². The predicted octanol–water partition coefficient (Wildman–Crippen LogP) is 3.33. The van der Waals surface area contributed by atoms with Gasteiger partial charge in [-0.2, -0.15) is 0 Å². The molecule has 9 heteroatoms. The van der Waals surface area contributed by atoms with Gasteiger partial charge in [-0.1, -0.05) is 68.0 Å². The molecule has 1 aromatic carbocycles. The number of hydrogen-bond acceptors (Lipinski definition) is 8. The second kappa shape index (κ2) is 19.8. The summed E-state index contributed by atoms with van der Waals surface area (Å²) in [7, 11) is 0. The fourth-order valence-electron chi connectivity index (χ4n) is 5.51. The zero-order valence-corrected chi connectivity index (χ0v) is 24.3. The van der Waals surface area contributed by atoms with Gasteiger partial charge in [0, 0.05) is 25.2 Å². The van der Waals surface area contributed by atoms with Crippen molar-refractivity contribution in [2.75, 3.05) is 6.61 Å². The normalized spacial score (nSPS) is 22.6. The van der Waals surface area contributed by atoms with Crippen molar-refractivity contribution in [2.45, 2.75) is 102 Å². The van der Waals surface area contributed by atoms with E-state index in [0.29, 0.717) is 70.6 Å². The summed E-state index contributed by atoms with van der Waals surface area (Å²) in [5, 5.41) is 47.4. The summed E-state index contributed by atoms with van der Waals surface area (Å²) in [6, 6.07) is 9.98. The summed E-state index contributed by atoms with van der Waals surface area (Å²) in [5.41, 5.74) is 1.16. The maximum absolute atomic E-state index is 12.6. The molecule has 230 valence electrons. The van der Waals surface area contributed by atoms with Crippen LogP contribution in [-0.4, -0.2) is 62.2 Å². The van der Waals surface area contributed by atoms with Crippen LogP contribution in [0.25, 0.3) is 0 Å². The van der Waals surface area contributed by atoms with Crippen molar-refractivity contribution in [3.05, 3.63) is 60.2 Å². The number of benzene rings is 1. The van der Waals surface area contributed by atoms with E-state index in [-0.39, 0.29) is 30.0 Å². The van der Waals surface area contributed by atoms with Gasteiger partial charge < -0.3 is 15.3 Å². The van der Waals surface area contributed by atoms with E-state index in [1.165, 1.54) is 0 Å². The Hall–Kier alpha value is -2.24. The molecule has 6 atom stereocenters. The Kier molecular flexibility index (Phi) is 16.9. The van der Waals surface area contributed by atoms with E-state index in [1.54, 1.807) is 6.08 Å². The third-order valence-electron chi connectivity index (χ3n) is 7.90. The molecule has 41 heavy (non-hydrogen) atoms. The molecule has 1 aliphatic carbocycles. The summed E-state index contributed by atoms with van der Waals surface area (Å²) >= 11 is 0. The number of carbonyl (C=O) groups is 2. The number of rotatable bonds is 21. The van der Waals surface area contributed by atoms with Crippen LogP contribution in [0.4, 0.5) is 0 Å². The first-order valence-electron chi connectivity index (χ1n) is 15.1. The SMILES string of the molecule is CCC(C(=O)CCC/C=C\C[C@@H]1[C@@H](/C=C/[C@@H](O)CCc2ccccc2)[C@H](O)C[C@@H]1O)C(=O)CCCCCO[NH+](O)O. The van der Waals surface area contributed by atoms with Crippen molar-refractivity contribution in [1.82, 2.24) is 0 Å². The minimum Gasteiger partial charge on any atom is -0.393 e. The van der Waals surface area contributed by atoms with Crippen molar-refractivity contribution < 1.29 is 45.6 Å². The Balaban J connectivity index is 1.70. The number of carbonyl (C=O) groups excluding carboxylic acids is 2. The van der Waals surface area contributed by atoms with Crippen LogP contribution in [0.2, 0.25) is 0 Å². The third kappa shape index (κ3) is 13.5. The van der Waals surface area contributed by atoms with E-state index >= 15 is 0 Å². The summed E-state index contributed by atoms with van der Waals surface area (Å²) in [4.78, 5) is 29.7. The first kappa shape index (κ1) is 35.0. The van der Waals surface area contributed by atoms with Gasteiger partial charge in [-0.3, -0.25) is 9.59 Å². The number of aryl methyl sites for hydroxylation is 1. The molecule has 2 rings (SSSR count). The highest BCUT2D eigenvalue weighted by molar-refractivity contribution is 6.02. The number of quaternary nitrogens is 1. The number of Topliss-reactive ketones (excluding diaryl/α,β-unsaturated/α-hetero) is 2. The van der Waals surface area contributed by atoms with Gasteiger partial charge in [0.1, 0.15) is 18.2 Å². The number of aliphatic hydroxyl groups excluding tert-OH is 3. The number of aliphatic hydroxyl groups is 3. The second-order valence-corrected chi connectivity index (χ2v) is 11.0. The zero-order chi connectivity index (χ0) is 30.0. The smallest absolute Gasteiger partial charge is 0.143 e. The standard InChI is InChI=1S/C32H50NO8/c1-2-26(30(36)17-11-6-12-22-41-33(39)40)29(35)16-10-4-3-9-15-27-28(32(38)23-31(27)37)21-20-25(34)19-18-24-13-7-5-8-14-24/h3,5,7-9,13-14,20-21,25-28,31-34,37-40H,2,4,6,10-12,15-19,22-23H2,1H3/q+1/b9-3-,21-20+/t25-,26?,27+,28+,31-,32+/m0/s1. The quantitative estimate of drug-likeness (QED) is 0.0565. The van der Waals surface area contributed by atoms with Gasteiger partial charge in [0.05, 0.1) is 29.6 Å². The fourth-order valence-corrected chi connectivity index (χ4v) is 5.51. The third-order valence-corrected chi connectivity index (χ3v) is 7.90. The monoisotopic (exact) mass is 576 g/mol. The zero-order valence-electron chi connectivity index (χ0n) is 24.3. The molecule has 0 aliphatic heterocycles. The molecule has 0 bridgehead atoms. The molecule has 1 fully saturated rings. The molecule has 0 aromatic heterocycles. The number of allylic oxidation sites excluding steroid dienone is 2. The molecule has 6 N–H and O–H groups in total. The van der Waals surface area contributed by atoms with Crippen molar-refractivity contribution in [1.29, 1.82) is 0 Å². The van der Waals surface area contributed by atoms with Crippen LogP contribution >= 0.6 is 0 Å². The van der Waals surface area contributed by atoms with Crippen LogP contribution in [0.3, 0.4) is 0 Å². The predicted molar refractivity (Wildman–Crippen MR) is 154 cm³/mol. The van der Waals surface area contributed by atoms with E-state index in [9.17, 15) is 24.9 Å². The maximum atomic E-state index is 12.6. The summed E-state index contributed by atoms with van der Waals surface area (Å²) in [5.74, 6) is -1.01. The number of unbranched alkanes of at least 4 members (excludes halogenated alkanes) is 3. The number of nitrogens with one attached hydrogen (secondary N) is 1. The highest BCUT2D eigenvalue weighted by atomic mass is 17.1. The first-order valence-corrected chi connectivity index (χ1v) is 15.1. The van der Waals surface area contributed by atoms with E-state index in [1.807, 2.05) is 55.5 Å². The maximum Gasteiger partial charge on any atom is 0.143 e. The van der Waals surface area contributed by atoms with Crippen LogP contribution in [0.5, 0.6) is 0 Å². The molecule has 0 spiro atoms. The molecule has 0 saturated heterocycles. The highest BCUT2D eigenvalue weighted by Crippen LogP contribution is 2.36. The van der Waals surface area contributed by atoms with Crippen molar-refractivity contribution in [2.24, 2.45) is 17.8 Å². The second-order valence-electron chi connectivity index (χ2n) is 11.0. The average Bonchev–Trinajstić information content (AvgIpc) is 3.22. The summed E-state index contributed by atoms with van der Waals surface area (Å²) in [6.45, 7) is 2.03. The Morgan fingerprint density at radius 2 is 1.71 bits per heavy atom.